The van der Waals surface area contributed by atoms with Crippen molar-refractivity contribution in [2.45, 2.75) is 56.9 Å². The molecule has 1 aromatic rings. The molecule has 0 aromatic carbocycles. The molecule has 1 heterocycles. The van der Waals surface area contributed by atoms with Gasteiger partial charge >= 0.3 is 0 Å². The molecule has 0 amide bonds. The van der Waals surface area contributed by atoms with Crippen molar-refractivity contribution in [2.75, 3.05) is 6.54 Å². The molecule has 0 saturated heterocycles. The lowest BCUT2D eigenvalue weighted by atomic mass is 10.0. The van der Waals surface area contributed by atoms with Crippen LogP contribution in [0.1, 0.15) is 54.5 Å². The van der Waals surface area contributed by atoms with E-state index in [1.807, 2.05) is 11.3 Å². The van der Waals surface area contributed by atoms with E-state index in [1.54, 1.807) is 0 Å². The molecule has 4 aliphatic rings. The van der Waals surface area contributed by atoms with Gasteiger partial charge in [0.05, 0.1) is 0 Å². The summed E-state index contributed by atoms with van der Waals surface area (Å²) >= 11 is 1.92. The Labute approximate surface area is 124 Å². The highest BCUT2D eigenvalue weighted by molar-refractivity contribution is 7.11. The standard InChI is InChI=1S/C16H23N3S/c1(7-17-11-5-6-11)2-12-18-19-16(20-12)15-13-9-3-4-10(8-9)14(13)15/h9-11,13-15,17H,1-8H2. The highest BCUT2D eigenvalue weighted by Gasteiger charge is 2.66. The molecular formula is C16H23N3S. The first-order valence-electron chi connectivity index (χ1n) is 8.46. The molecule has 4 saturated carbocycles. The number of aromatic nitrogens is 2. The summed E-state index contributed by atoms with van der Waals surface area (Å²) in [7, 11) is 0. The zero-order valence-electron chi connectivity index (χ0n) is 11.9. The average molecular weight is 289 g/mol. The zero-order valence-corrected chi connectivity index (χ0v) is 12.7. The number of hydrogen-bond donors (Lipinski definition) is 1. The van der Waals surface area contributed by atoms with Gasteiger partial charge < -0.3 is 5.32 Å². The fourth-order valence-corrected chi connectivity index (χ4v) is 6.09. The number of aryl methyl sites for hydroxylation is 1. The molecule has 0 radical (unpaired) electrons. The minimum absolute atomic E-state index is 0.817. The van der Waals surface area contributed by atoms with Gasteiger partial charge in [-0.05, 0) is 68.7 Å². The van der Waals surface area contributed by atoms with Crippen molar-refractivity contribution in [1.29, 1.82) is 0 Å². The van der Waals surface area contributed by atoms with E-state index >= 15 is 0 Å². The molecule has 3 nitrogen and oxygen atoms in total. The first-order chi connectivity index (χ1) is 9.90. The third-order valence-electron chi connectivity index (χ3n) is 6.08. The molecule has 4 aliphatic carbocycles. The molecule has 2 bridgehead atoms. The first kappa shape index (κ1) is 12.1. The van der Waals surface area contributed by atoms with Crippen LogP contribution >= 0.6 is 11.3 Å². The maximum atomic E-state index is 4.53. The summed E-state index contributed by atoms with van der Waals surface area (Å²) in [5.41, 5.74) is 0. The molecule has 20 heavy (non-hydrogen) atoms. The summed E-state index contributed by atoms with van der Waals surface area (Å²) in [6.45, 7) is 1.15. The molecule has 1 aromatic heterocycles. The van der Waals surface area contributed by atoms with Crippen molar-refractivity contribution in [3.8, 4) is 0 Å². The minimum atomic E-state index is 0.817. The maximum Gasteiger partial charge on any atom is 0.121 e. The number of hydrogen-bond acceptors (Lipinski definition) is 4. The van der Waals surface area contributed by atoms with Gasteiger partial charge in [-0.2, -0.15) is 0 Å². The van der Waals surface area contributed by atoms with Crippen LogP contribution in [0, 0.1) is 23.7 Å². The molecule has 4 fully saturated rings. The minimum Gasteiger partial charge on any atom is -0.314 e. The molecule has 1 N–H and O–H groups in total. The maximum absolute atomic E-state index is 4.53. The summed E-state index contributed by atoms with van der Waals surface area (Å²) in [4.78, 5) is 0. The summed E-state index contributed by atoms with van der Waals surface area (Å²) < 4.78 is 0. The lowest BCUT2D eigenvalue weighted by Gasteiger charge is -2.04. The van der Waals surface area contributed by atoms with Gasteiger partial charge in [0, 0.05) is 18.4 Å². The van der Waals surface area contributed by atoms with Gasteiger partial charge in [0.2, 0.25) is 0 Å². The van der Waals surface area contributed by atoms with E-state index in [0.29, 0.717) is 0 Å². The molecule has 108 valence electrons. The fraction of sp³-hybridized carbons (Fsp3) is 0.875. The normalized spacial score (nSPS) is 41.1. The van der Waals surface area contributed by atoms with E-state index in [-0.39, 0.29) is 0 Å². The van der Waals surface area contributed by atoms with E-state index < -0.39 is 0 Å². The van der Waals surface area contributed by atoms with Gasteiger partial charge in [0.15, 0.2) is 0 Å². The smallest absolute Gasteiger partial charge is 0.121 e. The van der Waals surface area contributed by atoms with Gasteiger partial charge in [-0.25, -0.2) is 0 Å². The number of rotatable bonds is 6. The summed E-state index contributed by atoms with van der Waals surface area (Å²) in [5, 5.41) is 15.2. The van der Waals surface area contributed by atoms with Crippen LogP contribution in [0.15, 0.2) is 0 Å². The lowest BCUT2D eigenvalue weighted by Crippen LogP contribution is -2.17. The molecule has 4 unspecified atom stereocenters. The van der Waals surface area contributed by atoms with Crippen LogP contribution in [0.5, 0.6) is 0 Å². The van der Waals surface area contributed by atoms with Crippen molar-refractivity contribution < 1.29 is 0 Å². The lowest BCUT2D eigenvalue weighted by molar-refractivity contribution is 0.456. The van der Waals surface area contributed by atoms with Gasteiger partial charge in [-0.1, -0.05) is 0 Å². The molecule has 0 spiro atoms. The third-order valence-corrected chi connectivity index (χ3v) is 7.17. The van der Waals surface area contributed by atoms with Gasteiger partial charge in [0.25, 0.3) is 0 Å². The average Bonchev–Trinajstić information content (AvgIpc) is 3.29. The first-order valence-corrected chi connectivity index (χ1v) is 9.27. The predicted molar refractivity (Wildman–Crippen MR) is 79.8 cm³/mol. The highest BCUT2D eigenvalue weighted by atomic mass is 32.1. The third kappa shape index (κ3) is 1.95. The Kier molecular flexibility index (Phi) is 2.73. The number of nitrogens with zero attached hydrogens (tertiary/aromatic N) is 2. The van der Waals surface area contributed by atoms with Crippen molar-refractivity contribution in [1.82, 2.24) is 15.5 Å². The van der Waals surface area contributed by atoms with Crippen LogP contribution in [0.2, 0.25) is 0 Å². The summed E-state index contributed by atoms with van der Waals surface area (Å²) in [6, 6.07) is 0.835. The van der Waals surface area contributed by atoms with Gasteiger partial charge in [-0.15, -0.1) is 21.5 Å². The van der Waals surface area contributed by atoms with Crippen LogP contribution in [0.25, 0.3) is 0 Å². The molecular weight excluding hydrogens is 266 g/mol. The summed E-state index contributed by atoms with van der Waals surface area (Å²) in [5.74, 6) is 4.92. The van der Waals surface area contributed by atoms with Gasteiger partial charge in [0.1, 0.15) is 10.0 Å². The molecule has 0 aliphatic heterocycles. The monoisotopic (exact) mass is 289 g/mol. The van der Waals surface area contributed by atoms with Crippen LogP contribution < -0.4 is 5.32 Å². The zero-order chi connectivity index (χ0) is 13.1. The Bertz CT molecular complexity index is 494. The molecule has 5 rings (SSSR count). The topological polar surface area (TPSA) is 37.8 Å². The van der Waals surface area contributed by atoms with Crippen molar-refractivity contribution in [3.05, 3.63) is 10.0 Å². The summed E-state index contributed by atoms with van der Waals surface area (Å²) in [6.07, 6.45) is 9.64. The van der Waals surface area contributed by atoms with E-state index in [1.165, 1.54) is 48.5 Å². The Morgan fingerprint density at radius 2 is 1.85 bits per heavy atom. The fourth-order valence-electron chi connectivity index (χ4n) is 4.99. The van der Waals surface area contributed by atoms with E-state index in [0.717, 1.165) is 48.6 Å². The second-order valence-corrected chi connectivity index (χ2v) is 8.47. The van der Waals surface area contributed by atoms with Crippen LogP contribution in [0.4, 0.5) is 0 Å². The quantitative estimate of drug-likeness (QED) is 0.818. The van der Waals surface area contributed by atoms with E-state index in [2.05, 4.69) is 15.5 Å². The van der Waals surface area contributed by atoms with E-state index in [9.17, 15) is 0 Å². The van der Waals surface area contributed by atoms with Crippen molar-refractivity contribution in [3.63, 3.8) is 0 Å². The Hall–Kier alpha value is -0.480. The van der Waals surface area contributed by atoms with Crippen LogP contribution in [0.3, 0.4) is 0 Å². The Morgan fingerprint density at radius 3 is 2.60 bits per heavy atom. The molecule has 4 heteroatoms. The Morgan fingerprint density at radius 1 is 1.05 bits per heavy atom. The number of nitrogens with one attached hydrogen (secondary N) is 1. The largest absolute Gasteiger partial charge is 0.314 e. The second kappa shape index (κ2) is 4.51. The van der Waals surface area contributed by atoms with Gasteiger partial charge in [-0.3, -0.25) is 0 Å². The predicted octanol–water partition coefficient (Wildman–Crippen LogP) is 2.98. The van der Waals surface area contributed by atoms with E-state index in [4.69, 9.17) is 0 Å². The van der Waals surface area contributed by atoms with Crippen LogP contribution in [-0.2, 0) is 6.42 Å². The van der Waals surface area contributed by atoms with Crippen molar-refractivity contribution >= 4 is 11.3 Å². The highest BCUT2D eigenvalue weighted by Crippen LogP contribution is 2.73. The Balaban J connectivity index is 1.17. The second-order valence-electron chi connectivity index (χ2n) is 7.38. The van der Waals surface area contributed by atoms with Crippen LogP contribution in [-0.4, -0.2) is 22.8 Å². The number of fused-ring (bicyclic) bond motifs is 5. The molecule has 4 atom stereocenters. The SMILES string of the molecule is C(CNC1CC1)Cc1nnc(C2C3C4CCC(C4)C23)s1. The van der Waals surface area contributed by atoms with Crippen molar-refractivity contribution in [2.24, 2.45) is 23.7 Å².